The van der Waals surface area contributed by atoms with Gasteiger partial charge in [0.1, 0.15) is 0 Å². The van der Waals surface area contributed by atoms with Crippen LogP contribution in [0.15, 0.2) is 0 Å². The lowest BCUT2D eigenvalue weighted by molar-refractivity contribution is 0.149. The van der Waals surface area contributed by atoms with Crippen LogP contribution < -0.4 is 5.32 Å². The van der Waals surface area contributed by atoms with Gasteiger partial charge in [0.05, 0.1) is 6.61 Å². The smallest absolute Gasteiger partial charge is 0.0555 e. The number of aliphatic hydroxyl groups excluding tert-OH is 1. The summed E-state index contributed by atoms with van der Waals surface area (Å²) in [5, 5.41) is 11.7. The number of nitrogens with one attached hydrogen (secondary N) is 1. The fourth-order valence-corrected chi connectivity index (χ4v) is 0.973. The lowest BCUT2D eigenvalue weighted by atomic mass is 9.90. The first-order valence-electron chi connectivity index (χ1n) is 4.43. The molecule has 0 amide bonds. The van der Waals surface area contributed by atoms with Crippen molar-refractivity contribution in [2.75, 3.05) is 33.4 Å². The van der Waals surface area contributed by atoms with E-state index < -0.39 is 0 Å². The second-order valence-corrected chi connectivity index (χ2v) is 3.81. The van der Waals surface area contributed by atoms with E-state index in [1.165, 1.54) is 0 Å². The van der Waals surface area contributed by atoms with Crippen LogP contribution in [0.25, 0.3) is 0 Å². The molecule has 0 aliphatic carbocycles. The molecule has 0 aromatic heterocycles. The number of aliphatic hydroxyl groups is 1. The van der Waals surface area contributed by atoms with Crippen molar-refractivity contribution in [1.29, 1.82) is 0 Å². The maximum atomic E-state index is 8.55. The standard InChI is InChI=1S/C9H21NO2/c1-9(2,4-7-12-3)8-10-5-6-11/h10-11H,4-8H2,1-3H3. The van der Waals surface area contributed by atoms with Crippen LogP contribution in [0.5, 0.6) is 0 Å². The van der Waals surface area contributed by atoms with E-state index in [0.717, 1.165) is 19.6 Å². The molecule has 74 valence electrons. The maximum Gasteiger partial charge on any atom is 0.0555 e. The molecule has 0 spiro atoms. The summed E-state index contributed by atoms with van der Waals surface area (Å²) in [6.45, 7) is 6.99. The van der Waals surface area contributed by atoms with E-state index in [9.17, 15) is 0 Å². The predicted octanol–water partition coefficient (Wildman–Crippen LogP) is 0.631. The molecule has 0 fully saturated rings. The van der Waals surface area contributed by atoms with E-state index in [2.05, 4.69) is 19.2 Å². The van der Waals surface area contributed by atoms with Gasteiger partial charge < -0.3 is 15.2 Å². The maximum absolute atomic E-state index is 8.55. The Morgan fingerprint density at radius 2 is 2.08 bits per heavy atom. The molecule has 0 aliphatic rings. The first-order chi connectivity index (χ1) is 5.62. The van der Waals surface area contributed by atoms with Crippen LogP contribution in [0.3, 0.4) is 0 Å². The zero-order valence-electron chi connectivity index (χ0n) is 8.39. The van der Waals surface area contributed by atoms with Gasteiger partial charge in [-0.05, 0) is 11.8 Å². The van der Waals surface area contributed by atoms with Crippen molar-refractivity contribution in [3.63, 3.8) is 0 Å². The molecule has 0 radical (unpaired) electrons. The van der Waals surface area contributed by atoms with Gasteiger partial charge >= 0.3 is 0 Å². The molecular weight excluding hydrogens is 154 g/mol. The molecule has 3 nitrogen and oxygen atoms in total. The third-order valence-corrected chi connectivity index (χ3v) is 1.88. The van der Waals surface area contributed by atoms with Crippen LogP contribution in [0.2, 0.25) is 0 Å². The van der Waals surface area contributed by atoms with E-state index in [1.807, 2.05) is 0 Å². The van der Waals surface area contributed by atoms with Crippen molar-refractivity contribution in [3.8, 4) is 0 Å². The van der Waals surface area contributed by atoms with Gasteiger partial charge in [-0.1, -0.05) is 13.8 Å². The van der Waals surface area contributed by atoms with Crippen LogP contribution in [0, 0.1) is 5.41 Å². The predicted molar refractivity (Wildman–Crippen MR) is 50.2 cm³/mol. The molecule has 2 N–H and O–H groups in total. The highest BCUT2D eigenvalue weighted by Crippen LogP contribution is 2.18. The molecule has 12 heavy (non-hydrogen) atoms. The molecule has 3 heteroatoms. The number of ether oxygens (including phenoxy) is 1. The number of hydrogen-bond acceptors (Lipinski definition) is 3. The normalized spacial score (nSPS) is 12.0. The summed E-state index contributed by atoms with van der Waals surface area (Å²) in [6, 6.07) is 0. The summed E-state index contributed by atoms with van der Waals surface area (Å²) >= 11 is 0. The topological polar surface area (TPSA) is 41.5 Å². The summed E-state index contributed by atoms with van der Waals surface area (Å²) in [5.41, 5.74) is 0.255. The minimum Gasteiger partial charge on any atom is -0.395 e. The quantitative estimate of drug-likeness (QED) is 0.558. The summed E-state index contributed by atoms with van der Waals surface area (Å²) in [7, 11) is 1.72. The van der Waals surface area contributed by atoms with E-state index in [0.29, 0.717) is 6.54 Å². The van der Waals surface area contributed by atoms with E-state index in [4.69, 9.17) is 9.84 Å². The zero-order valence-corrected chi connectivity index (χ0v) is 8.39. The molecule has 0 aromatic rings. The van der Waals surface area contributed by atoms with Crippen LogP contribution in [-0.4, -0.2) is 38.5 Å². The molecule has 0 saturated carbocycles. The van der Waals surface area contributed by atoms with Crippen molar-refractivity contribution < 1.29 is 9.84 Å². The number of hydrogen-bond donors (Lipinski definition) is 2. The second kappa shape index (κ2) is 6.40. The van der Waals surface area contributed by atoms with Gasteiger partial charge in [0.25, 0.3) is 0 Å². The van der Waals surface area contributed by atoms with Gasteiger partial charge in [0, 0.05) is 26.8 Å². The molecular formula is C9H21NO2. The molecule has 0 saturated heterocycles. The summed E-state index contributed by atoms with van der Waals surface area (Å²) in [4.78, 5) is 0. The van der Waals surface area contributed by atoms with E-state index in [-0.39, 0.29) is 12.0 Å². The van der Waals surface area contributed by atoms with Gasteiger partial charge in [-0.3, -0.25) is 0 Å². The van der Waals surface area contributed by atoms with Crippen molar-refractivity contribution in [1.82, 2.24) is 5.32 Å². The largest absolute Gasteiger partial charge is 0.395 e. The fraction of sp³-hybridized carbons (Fsp3) is 1.00. The van der Waals surface area contributed by atoms with Crippen LogP contribution >= 0.6 is 0 Å². The summed E-state index contributed by atoms with van der Waals surface area (Å²) in [5.74, 6) is 0. The van der Waals surface area contributed by atoms with Gasteiger partial charge in [-0.25, -0.2) is 0 Å². The molecule has 0 rings (SSSR count). The van der Waals surface area contributed by atoms with Crippen molar-refractivity contribution in [2.45, 2.75) is 20.3 Å². The first kappa shape index (κ1) is 11.9. The highest BCUT2D eigenvalue weighted by atomic mass is 16.5. The molecule has 0 atom stereocenters. The van der Waals surface area contributed by atoms with Gasteiger partial charge in [-0.2, -0.15) is 0 Å². The highest BCUT2D eigenvalue weighted by Gasteiger charge is 2.16. The minimum atomic E-state index is 0.209. The third kappa shape index (κ3) is 6.58. The monoisotopic (exact) mass is 175 g/mol. The van der Waals surface area contributed by atoms with Crippen LogP contribution in [0.1, 0.15) is 20.3 Å². The van der Waals surface area contributed by atoms with Crippen molar-refractivity contribution >= 4 is 0 Å². The Balaban J connectivity index is 3.42. The Morgan fingerprint density at radius 3 is 2.58 bits per heavy atom. The van der Waals surface area contributed by atoms with Crippen molar-refractivity contribution in [2.24, 2.45) is 5.41 Å². The Labute approximate surface area is 75.1 Å². The van der Waals surface area contributed by atoms with Crippen molar-refractivity contribution in [3.05, 3.63) is 0 Å². The SMILES string of the molecule is COCCC(C)(C)CNCCO. The van der Waals surface area contributed by atoms with Crippen LogP contribution in [-0.2, 0) is 4.74 Å². The van der Waals surface area contributed by atoms with Crippen LogP contribution in [0.4, 0.5) is 0 Å². The minimum absolute atomic E-state index is 0.209. The third-order valence-electron chi connectivity index (χ3n) is 1.88. The molecule has 0 bridgehead atoms. The number of rotatable bonds is 7. The molecule has 0 aliphatic heterocycles. The van der Waals surface area contributed by atoms with E-state index >= 15 is 0 Å². The number of methoxy groups -OCH3 is 1. The highest BCUT2D eigenvalue weighted by molar-refractivity contribution is 4.70. The Hall–Kier alpha value is -0.120. The zero-order chi connectivity index (χ0) is 9.45. The van der Waals surface area contributed by atoms with Gasteiger partial charge in [0.15, 0.2) is 0 Å². The average Bonchev–Trinajstić information content (AvgIpc) is 2.01. The summed E-state index contributed by atoms with van der Waals surface area (Å²) < 4.78 is 5.01. The lowest BCUT2D eigenvalue weighted by Gasteiger charge is -2.24. The van der Waals surface area contributed by atoms with Gasteiger partial charge in [0.2, 0.25) is 0 Å². The van der Waals surface area contributed by atoms with Gasteiger partial charge in [-0.15, -0.1) is 0 Å². The molecule has 0 aromatic carbocycles. The Morgan fingerprint density at radius 1 is 1.42 bits per heavy atom. The Bertz CT molecular complexity index is 105. The summed E-state index contributed by atoms with van der Waals surface area (Å²) in [6.07, 6.45) is 1.04. The molecule has 0 unspecified atom stereocenters. The first-order valence-corrected chi connectivity index (χ1v) is 4.43. The lowest BCUT2D eigenvalue weighted by Crippen LogP contribution is -2.32. The van der Waals surface area contributed by atoms with E-state index in [1.54, 1.807) is 7.11 Å². The molecule has 0 heterocycles. The fourth-order valence-electron chi connectivity index (χ4n) is 0.973. The second-order valence-electron chi connectivity index (χ2n) is 3.81. The Kier molecular flexibility index (Phi) is 6.34. The average molecular weight is 175 g/mol.